The average molecular weight is 450 g/mol. The zero-order chi connectivity index (χ0) is 15.9. The normalized spacial score (nSPS) is 12.2. The molecule has 0 spiro atoms. The molecule has 22 heavy (non-hydrogen) atoms. The summed E-state index contributed by atoms with van der Waals surface area (Å²) >= 11 is 0.986. The van der Waals surface area contributed by atoms with E-state index in [4.69, 9.17) is 0 Å². The summed E-state index contributed by atoms with van der Waals surface area (Å²) in [5.74, 6) is 1.13. The highest BCUT2D eigenvalue weighted by molar-refractivity contribution is 14.0. The first kappa shape index (κ1) is 21.4. The van der Waals surface area contributed by atoms with Gasteiger partial charge in [-0.05, 0) is 5.92 Å². The van der Waals surface area contributed by atoms with Crippen molar-refractivity contribution in [3.63, 3.8) is 0 Å². The summed E-state index contributed by atoms with van der Waals surface area (Å²) in [6.45, 7) is 5.27. The fraction of sp³-hybridized carbons (Fsp3) is 0.692. The molecule has 0 unspecified atom stereocenters. The molecule has 0 radical (unpaired) electrons. The molecule has 9 heteroatoms. The van der Waals surface area contributed by atoms with Crippen LogP contribution in [0.2, 0.25) is 0 Å². The van der Waals surface area contributed by atoms with Gasteiger partial charge in [0.25, 0.3) is 0 Å². The molecule has 0 fully saturated rings. The van der Waals surface area contributed by atoms with E-state index in [1.807, 2.05) is 0 Å². The Balaban J connectivity index is 0.00000441. The van der Waals surface area contributed by atoms with Crippen LogP contribution in [0.1, 0.15) is 37.4 Å². The number of alkyl halides is 3. The minimum absolute atomic E-state index is 0. The van der Waals surface area contributed by atoms with E-state index < -0.39 is 11.9 Å². The van der Waals surface area contributed by atoms with Gasteiger partial charge in [-0.1, -0.05) is 26.7 Å². The Morgan fingerprint density at radius 3 is 2.41 bits per heavy atom. The maximum absolute atomic E-state index is 12.4. The van der Waals surface area contributed by atoms with Gasteiger partial charge < -0.3 is 10.6 Å². The number of hydrogen-bond donors (Lipinski definition) is 2. The number of aliphatic imine (C=N–C) groups is 1. The largest absolute Gasteiger partial charge is 0.434 e. The maximum atomic E-state index is 12.4. The predicted octanol–water partition coefficient (Wildman–Crippen LogP) is 3.88. The van der Waals surface area contributed by atoms with Gasteiger partial charge in [-0.25, -0.2) is 4.98 Å². The topological polar surface area (TPSA) is 49.3 Å². The molecule has 0 aliphatic carbocycles. The van der Waals surface area contributed by atoms with Crippen LogP contribution in [0.25, 0.3) is 0 Å². The summed E-state index contributed by atoms with van der Waals surface area (Å²) in [5, 5.41) is 7.55. The Morgan fingerprint density at radius 1 is 1.32 bits per heavy atom. The number of thiazole rings is 1. The third-order valence-corrected chi connectivity index (χ3v) is 4.03. The highest BCUT2D eigenvalue weighted by Gasteiger charge is 2.33. The van der Waals surface area contributed by atoms with Crippen LogP contribution in [0.4, 0.5) is 13.2 Å². The van der Waals surface area contributed by atoms with Crippen LogP contribution in [-0.2, 0) is 12.7 Å². The number of halogens is 4. The van der Waals surface area contributed by atoms with E-state index in [1.54, 1.807) is 7.05 Å². The molecular formula is C13H22F3IN4S. The van der Waals surface area contributed by atoms with Crippen molar-refractivity contribution in [3.8, 4) is 0 Å². The first-order valence-electron chi connectivity index (χ1n) is 6.86. The van der Waals surface area contributed by atoms with E-state index in [1.165, 1.54) is 0 Å². The lowest BCUT2D eigenvalue weighted by Crippen LogP contribution is -2.39. The Bertz CT molecular complexity index is 458. The molecule has 0 aromatic carbocycles. The Morgan fingerprint density at radius 2 is 1.95 bits per heavy atom. The molecule has 1 rings (SSSR count). The highest BCUT2D eigenvalue weighted by atomic mass is 127. The molecule has 0 aliphatic rings. The van der Waals surface area contributed by atoms with E-state index in [0.29, 0.717) is 16.9 Å². The van der Waals surface area contributed by atoms with Gasteiger partial charge in [-0.2, -0.15) is 13.2 Å². The van der Waals surface area contributed by atoms with Crippen molar-refractivity contribution in [1.29, 1.82) is 0 Å². The third kappa shape index (κ3) is 7.12. The molecule has 0 saturated carbocycles. The quantitative estimate of drug-likeness (QED) is 0.393. The van der Waals surface area contributed by atoms with E-state index in [9.17, 15) is 13.2 Å². The highest BCUT2D eigenvalue weighted by Crippen LogP contribution is 2.29. The molecule has 2 N–H and O–H groups in total. The Labute approximate surface area is 150 Å². The van der Waals surface area contributed by atoms with Gasteiger partial charge in [0, 0.05) is 19.0 Å². The van der Waals surface area contributed by atoms with E-state index in [-0.39, 0.29) is 30.5 Å². The molecular weight excluding hydrogens is 428 g/mol. The molecule has 0 amide bonds. The van der Waals surface area contributed by atoms with Crippen LogP contribution in [0, 0.1) is 5.92 Å². The zero-order valence-corrected chi connectivity index (χ0v) is 16.0. The zero-order valence-electron chi connectivity index (χ0n) is 12.8. The standard InChI is InChI=1S/C13H21F3N4S.HI/c1-4-9(5-2)6-18-12(17-3)19-7-11-20-10(8-21-11)13(14,15)16;/h8-9H,4-7H2,1-3H3,(H2,17,18,19);1H. The van der Waals surface area contributed by atoms with Gasteiger partial charge in [0.15, 0.2) is 11.7 Å². The van der Waals surface area contributed by atoms with Crippen molar-refractivity contribution >= 4 is 41.3 Å². The first-order valence-corrected chi connectivity index (χ1v) is 7.74. The smallest absolute Gasteiger partial charge is 0.356 e. The van der Waals surface area contributed by atoms with Crippen molar-refractivity contribution < 1.29 is 13.2 Å². The summed E-state index contributed by atoms with van der Waals surface area (Å²) in [6, 6.07) is 0. The molecule has 0 aliphatic heterocycles. The van der Waals surface area contributed by atoms with Crippen molar-refractivity contribution in [2.75, 3.05) is 13.6 Å². The van der Waals surface area contributed by atoms with Gasteiger partial charge in [0.05, 0.1) is 6.54 Å². The van der Waals surface area contributed by atoms with Crippen LogP contribution in [-0.4, -0.2) is 24.5 Å². The van der Waals surface area contributed by atoms with Crippen LogP contribution in [0.5, 0.6) is 0 Å². The van der Waals surface area contributed by atoms with Gasteiger partial charge in [0.1, 0.15) is 5.01 Å². The molecule has 0 atom stereocenters. The fourth-order valence-corrected chi connectivity index (χ4v) is 2.46. The van der Waals surface area contributed by atoms with Gasteiger partial charge in [0.2, 0.25) is 0 Å². The number of aromatic nitrogens is 1. The minimum Gasteiger partial charge on any atom is -0.356 e. The van der Waals surface area contributed by atoms with Crippen LogP contribution in [0.3, 0.4) is 0 Å². The number of guanidine groups is 1. The summed E-state index contributed by atoms with van der Waals surface area (Å²) in [5.41, 5.74) is -0.843. The van der Waals surface area contributed by atoms with Gasteiger partial charge in [-0.15, -0.1) is 35.3 Å². The second-order valence-electron chi connectivity index (χ2n) is 4.61. The SMILES string of the molecule is CCC(CC)CNC(=NC)NCc1nc(C(F)(F)F)cs1.I. The van der Waals surface area contributed by atoms with Gasteiger partial charge >= 0.3 is 6.18 Å². The van der Waals surface area contributed by atoms with E-state index in [0.717, 1.165) is 36.1 Å². The average Bonchev–Trinajstić information content (AvgIpc) is 2.92. The third-order valence-electron chi connectivity index (χ3n) is 3.19. The Kier molecular flexibility index (Phi) is 9.97. The van der Waals surface area contributed by atoms with Crippen LogP contribution < -0.4 is 10.6 Å². The molecule has 1 aromatic heterocycles. The Hall–Kier alpha value is -0.580. The second kappa shape index (κ2) is 10.2. The summed E-state index contributed by atoms with van der Waals surface area (Å²) in [7, 11) is 1.63. The summed E-state index contributed by atoms with van der Waals surface area (Å²) in [4.78, 5) is 7.61. The summed E-state index contributed by atoms with van der Waals surface area (Å²) in [6.07, 6.45) is -2.24. The number of rotatable bonds is 6. The molecule has 1 heterocycles. The van der Waals surface area contributed by atoms with Crippen LogP contribution >= 0.6 is 35.3 Å². The lowest BCUT2D eigenvalue weighted by atomic mass is 10.0. The van der Waals surface area contributed by atoms with E-state index in [2.05, 4.69) is 34.5 Å². The molecule has 0 saturated heterocycles. The number of hydrogen-bond acceptors (Lipinski definition) is 3. The fourth-order valence-electron chi connectivity index (χ4n) is 1.72. The monoisotopic (exact) mass is 450 g/mol. The second-order valence-corrected chi connectivity index (χ2v) is 5.56. The van der Waals surface area contributed by atoms with Crippen molar-refractivity contribution in [2.45, 2.75) is 39.4 Å². The summed E-state index contributed by atoms with van der Waals surface area (Å²) < 4.78 is 37.3. The predicted molar refractivity (Wildman–Crippen MR) is 94.8 cm³/mol. The number of nitrogens with zero attached hydrogens (tertiary/aromatic N) is 2. The lowest BCUT2D eigenvalue weighted by Gasteiger charge is -2.16. The lowest BCUT2D eigenvalue weighted by molar-refractivity contribution is -0.140. The minimum atomic E-state index is -4.38. The van der Waals surface area contributed by atoms with Crippen LogP contribution in [0.15, 0.2) is 10.4 Å². The van der Waals surface area contributed by atoms with E-state index >= 15 is 0 Å². The molecule has 0 bridgehead atoms. The molecule has 4 nitrogen and oxygen atoms in total. The molecule has 1 aromatic rings. The number of nitrogens with one attached hydrogen (secondary N) is 2. The molecule has 128 valence electrons. The van der Waals surface area contributed by atoms with Crippen molar-refractivity contribution in [3.05, 3.63) is 16.1 Å². The van der Waals surface area contributed by atoms with Crippen molar-refractivity contribution in [1.82, 2.24) is 15.6 Å². The maximum Gasteiger partial charge on any atom is 0.434 e. The van der Waals surface area contributed by atoms with Crippen molar-refractivity contribution in [2.24, 2.45) is 10.9 Å². The van der Waals surface area contributed by atoms with Gasteiger partial charge in [-0.3, -0.25) is 4.99 Å². The first-order chi connectivity index (χ1) is 9.90.